The van der Waals surface area contributed by atoms with E-state index in [2.05, 4.69) is 26.2 Å². The molecule has 1 fully saturated rings. The minimum atomic E-state index is -0.731. The maximum absolute atomic E-state index is 12.7. The fourth-order valence-electron chi connectivity index (χ4n) is 3.86. The van der Waals surface area contributed by atoms with E-state index in [9.17, 15) is 19.2 Å². The number of carbonyl (C=O) groups is 3. The summed E-state index contributed by atoms with van der Waals surface area (Å²) in [5.74, 6) is -1.93. The molecule has 2 aromatic heterocycles. The fourth-order valence-corrected chi connectivity index (χ4v) is 4.20. The van der Waals surface area contributed by atoms with E-state index < -0.39 is 29.0 Å². The smallest absolute Gasteiger partial charge is 0.347 e. The maximum atomic E-state index is 12.7. The van der Waals surface area contributed by atoms with Gasteiger partial charge in [-0.15, -0.1) is 5.10 Å². The summed E-state index contributed by atoms with van der Waals surface area (Å²) >= 11 is 3.31. The van der Waals surface area contributed by atoms with E-state index in [1.54, 1.807) is 24.3 Å². The predicted octanol–water partition coefficient (Wildman–Crippen LogP) is 2.40. The highest BCUT2D eigenvalue weighted by Gasteiger charge is 2.43. The van der Waals surface area contributed by atoms with Crippen LogP contribution in [0.4, 0.5) is 0 Å². The number of amides is 1. The van der Waals surface area contributed by atoms with Crippen LogP contribution in [0.1, 0.15) is 22.5 Å². The predicted molar refractivity (Wildman–Crippen MR) is 115 cm³/mol. The Balaban J connectivity index is 1.34. The van der Waals surface area contributed by atoms with Gasteiger partial charge in [0.05, 0.1) is 18.7 Å². The van der Waals surface area contributed by atoms with Crippen molar-refractivity contribution >= 4 is 44.4 Å². The molecule has 2 aliphatic rings. The lowest BCUT2D eigenvalue weighted by atomic mass is 9.96. The second-order valence-electron chi connectivity index (χ2n) is 7.52. The fraction of sp³-hybridized carbons (Fsp3) is 0.182. The number of likely N-dealkylation sites (tertiary alicyclic amines) is 1. The number of hydrogen-bond donors (Lipinski definition) is 0. The van der Waals surface area contributed by atoms with E-state index in [0.717, 1.165) is 4.47 Å². The number of carbonyl (C=O) groups excluding carboxylic acids is 3. The molecule has 0 spiro atoms. The average Bonchev–Trinajstić information content (AvgIpc) is 3.31. The molecule has 1 aliphatic carbocycles. The summed E-state index contributed by atoms with van der Waals surface area (Å²) in [5, 5.41) is 8.56. The molecule has 32 heavy (non-hydrogen) atoms. The van der Waals surface area contributed by atoms with Gasteiger partial charge in [0.1, 0.15) is 23.4 Å². The molecule has 1 aliphatic heterocycles. The zero-order chi connectivity index (χ0) is 22.4. The Morgan fingerprint density at radius 2 is 2.06 bits per heavy atom. The van der Waals surface area contributed by atoms with Crippen LogP contribution >= 0.6 is 15.9 Å². The molecule has 5 rings (SSSR count). The molecule has 0 saturated carbocycles. The van der Waals surface area contributed by atoms with E-state index in [1.165, 1.54) is 21.8 Å². The number of Topliss-reactive ketones (excluding diaryl/α,β-unsaturated/α-hetero) is 2. The molecule has 3 heterocycles. The first-order chi connectivity index (χ1) is 15.4. The lowest BCUT2D eigenvalue weighted by molar-refractivity contribution is -0.140. The van der Waals surface area contributed by atoms with Gasteiger partial charge in [-0.1, -0.05) is 39.4 Å². The summed E-state index contributed by atoms with van der Waals surface area (Å²) in [5.41, 5.74) is 0.627. The number of benzene rings is 1. The maximum Gasteiger partial charge on any atom is 0.347 e. The second kappa shape index (κ2) is 7.79. The number of halogens is 1. The van der Waals surface area contributed by atoms with Gasteiger partial charge in [-0.05, 0) is 30.7 Å². The SMILES string of the molecule is O=C(Cn1cc(CN2C(=O)C(=O)C3CC=CC=C32)nn1)c1cc2ccc(Br)cc2oc1=O. The molecule has 1 amide bonds. The summed E-state index contributed by atoms with van der Waals surface area (Å²) in [4.78, 5) is 50.9. The van der Waals surface area contributed by atoms with Crippen LogP contribution in [0.3, 0.4) is 0 Å². The van der Waals surface area contributed by atoms with Gasteiger partial charge in [0.2, 0.25) is 5.78 Å². The molecule has 3 aromatic rings. The number of ketones is 2. The van der Waals surface area contributed by atoms with Crippen molar-refractivity contribution < 1.29 is 18.8 Å². The standard InChI is InChI=1S/C22H15BrN4O5/c23-13-6-5-12-7-16(22(31)32-19(12)8-13)18(28)11-26-9-14(24-25-26)10-27-17-4-2-1-3-15(17)20(29)21(27)30/h1-2,4-9,15H,3,10-11H2. The van der Waals surface area contributed by atoms with Gasteiger partial charge in [-0.2, -0.15) is 0 Å². The molecule has 0 bridgehead atoms. The van der Waals surface area contributed by atoms with Crippen LogP contribution in [0.2, 0.25) is 0 Å². The topological polar surface area (TPSA) is 115 Å². The van der Waals surface area contributed by atoms with Crippen molar-refractivity contribution in [2.24, 2.45) is 5.92 Å². The molecule has 1 saturated heterocycles. The van der Waals surface area contributed by atoms with Gasteiger partial charge in [0, 0.05) is 15.6 Å². The number of rotatable bonds is 5. The van der Waals surface area contributed by atoms with Crippen LogP contribution in [0.15, 0.2) is 68.1 Å². The zero-order valence-corrected chi connectivity index (χ0v) is 18.1. The first-order valence-corrected chi connectivity index (χ1v) is 10.6. The lowest BCUT2D eigenvalue weighted by Gasteiger charge is -2.18. The van der Waals surface area contributed by atoms with Crippen molar-refractivity contribution in [1.82, 2.24) is 19.9 Å². The van der Waals surface area contributed by atoms with Crippen molar-refractivity contribution in [3.63, 3.8) is 0 Å². The molecule has 0 N–H and O–H groups in total. The van der Waals surface area contributed by atoms with Crippen LogP contribution in [0, 0.1) is 5.92 Å². The Morgan fingerprint density at radius 1 is 1.22 bits per heavy atom. The number of fused-ring (bicyclic) bond motifs is 2. The molecule has 1 unspecified atom stereocenters. The molecule has 0 radical (unpaired) electrons. The molecule has 10 heteroatoms. The summed E-state index contributed by atoms with van der Waals surface area (Å²) in [6.45, 7) is -0.150. The quantitative estimate of drug-likeness (QED) is 0.303. The van der Waals surface area contributed by atoms with E-state index in [0.29, 0.717) is 28.8 Å². The van der Waals surface area contributed by atoms with E-state index in [1.807, 2.05) is 12.2 Å². The Labute approximate surface area is 189 Å². The highest BCUT2D eigenvalue weighted by atomic mass is 79.9. The first-order valence-electron chi connectivity index (χ1n) is 9.79. The largest absolute Gasteiger partial charge is 0.422 e. The van der Waals surface area contributed by atoms with Crippen molar-refractivity contribution in [2.45, 2.75) is 19.5 Å². The summed E-state index contributed by atoms with van der Waals surface area (Å²) in [6.07, 6.45) is 7.44. The van der Waals surface area contributed by atoms with Gasteiger partial charge < -0.3 is 9.32 Å². The van der Waals surface area contributed by atoms with Crippen LogP contribution in [0.5, 0.6) is 0 Å². The Hall–Kier alpha value is -3.66. The number of nitrogens with zero attached hydrogens (tertiary/aromatic N) is 4. The van der Waals surface area contributed by atoms with Gasteiger partial charge >= 0.3 is 5.63 Å². The molecule has 1 atom stereocenters. The van der Waals surface area contributed by atoms with E-state index in [4.69, 9.17) is 4.42 Å². The van der Waals surface area contributed by atoms with Crippen LogP contribution in [0.25, 0.3) is 11.0 Å². The number of allylic oxidation sites excluding steroid dienone is 4. The summed E-state index contributed by atoms with van der Waals surface area (Å²) in [7, 11) is 0. The van der Waals surface area contributed by atoms with Gasteiger partial charge in [0.25, 0.3) is 5.91 Å². The molecule has 160 valence electrons. The minimum absolute atomic E-state index is 0.0714. The van der Waals surface area contributed by atoms with Crippen LogP contribution in [-0.4, -0.2) is 37.4 Å². The Bertz CT molecular complexity index is 1420. The zero-order valence-electron chi connectivity index (χ0n) is 16.5. The van der Waals surface area contributed by atoms with Crippen molar-refractivity contribution in [3.8, 4) is 0 Å². The Kier molecular flexibility index (Phi) is 4.93. The van der Waals surface area contributed by atoms with Gasteiger partial charge in [-0.25, -0.2) is 9.48 Å². The Morgan fingerprint density at radius 3 is 2.91 bits per heavy atom. The number of hydrogen-bond acceptors (Lipinski definition) is 7. The van der Waals surface area contributed by atoms with E-state index in [-0.39, 0.29) is 18.7 Å². The van der Waals surface area contributed by atoms with Gasteiger partial charge in [-0.3, -0.25) is 14.4 Å². The molecular formula is C22H15BrN4O5. The lowest BCUT2D eigenvalue weighted by Crippen LogP contribution is -2.26. The molecule has 1 aromatic carbocycles. The molecule has 9 nitrogen and oxygen atoms in total. The average molecular weight is 495 g/mol. The van der Waals surface area contributed by atoms with Crippen molar-refractivity contribution in [3.05, 3.63) is 80.5 Å². The second-order valence-corrected chi connectivity index (χ2v) is 8.44. The highest BCUT2D eigenvalue weighted by molar-refractivity contribution is 9.10. The van der Waals surface area contributed by atoms with Crippen molar-refractivity contribution in [1.29, 1.82) is 0 Å². The third-order valence-electron chi connectivity index (χ3n) is 5.43. The normalized spacial score (nSPS) is 17.7. The summed E-state index contributed by atoms with van der Waals surface area (Å²) < 4.78 is 7.30. The minimum Gasteiger partial charge on any atom is -0.422 e. The first kappa shape index (κ1) is 20.3. The van der Waals surface area contributed by atoms with Crippen LogP contribution < -0.4 is 5.63 Å². The third kappa shape index (κ3) is 3.52. The molecular weight excluding hydrogens is 480 g/mol. The van der Waals surface area contributed by atoms with E-state index >= 15 is 0 Å². The van der Waals surface area contributed by atoms with Crippen LogP contribution in [-0.2, 0) is 22.7 Å². The number of aromatic nitrogens is 3. The third-order valence-corrected chi connectivity index (χ3v) is 5.92. The van der Waals surface area contributed by atoms with Gasteiger partial charge in [0.15, 0.2) is 5.78 Å². The summed E-state index contributed by atoms with van der Waals surface area (Å²) in [6, 6.07) is 6.67. The highest BCUT2D eigenvalue weighted by Crippen LogP contribution is 2.32. The van der Waals surface area contributed by atoms with Crippen molar-refractivity contribution in [2.75, 3.05) is 0 Å². The monoisotopic (exact) mass is 494 g/mol.